The number of amides is 1. The summed E-state index contributed by atoms with van der Waals surface area (Å²) in [6, 6.07) is 9.20. The number of carbonyl (C=O) groups excluding carboxylic acids is 1. The van der Waals surface area contributed by atoms with Gasteiger partial charge in [-0.25, -0.2) is 0 Å². The number of ether oxygens (including phenoxy) is 1. The van der Waals surface area contributed by atoms with Crippen molar-refractivity contribution in [1.82, 2.24) is 10.2 Å². The average molecular weight is 314 g/mol. The van der Waals surface area contributed by atoms with Gasteiger partial charge in [0.05, 0.1) is 24.7 Å². The Morgan fingerprint density at radius 2 is 2.00 bits per heavy atom. The molecular formula is C15H17F3N2O2. The van der Waals surface area contributed by atoms with Crippen molar-refractivity contribution in [1.29, 1.82) is 0 Å². The van der Waals surface area contributed by atoms with Crippen molar-refractivity contribution in [2.24, 2.45) is 5.41 Å². The molecule has 1 spiro atoms. The topological polar surface area (TPSA) is 41.6 Å². The fourth-order valence-corrected chi connectivity index (χ4v) is 3.13. The van der Waals surface area contributed by atoms with Gasteiger partial charge in [0.2, 0.25) is 0 Å². The molecule has 0 unspecified atom stereocenters. The molecule has 1 amide bonds. The summed E-state index contributed by atoms with van der Waals surface area (Å²) >= 11 is 0. The molecule has 0 radical (unpaired) electrons. The van der Waals surface area contributed by atoms with Crippen LogP contribution in [0.25, 0.3) is 0 Å². The van der Waals surface area contributed by atoms with E-state index >= 15 is 0 Å². The van der Waals surface area contributed by atoms with E-state index in [-0.39, 0.29) is 0 Å². The number of hydrogen-bond donors (Lipinski definition) is 1. The fraction of sp³-hybridized carbons (Fsp3) is 0.533. The van der Waals surface area contributed by atoms with Crippen LogP contribution in [0.3, 0.4) is 0 Å². The van der Waals surface area contributed by atoms with Gasteiger partial charge in [0.25, 0.3) is 0 Å². The van der Waals surface area contributed by atoms with Gasteiger partial charge >= 0.3 is 12.1 Å². The molecule has 2 aliphatic heterocycles. The SMILES string of the molecule is O=C(N[C@@H]1CN(Cc2ccccc2)CC12COC2)C(F)(F)F. The summed E-state index contributed by atoms with van der Waals surface area (Å²) in [4.78, 5) is 13.3. The Balaban J connectivity index is 1.67. The maximum atomic E-state index is 12.5. The first-order valence-corrected chi connectivity index (χ1v) is 7.11. The van der Waals surface area contributed by atoms with Crippen LogP contribution in [0.4, 0.5) is 13.2 Å². The second-order valence-corrected chi connectivity index (χ2v) is 6.03. The lowest BCUT2D eigenvalue weighted by atomic mass is 9.81. The lowest BCUT2D eigenvalue weighted by Crippen LogP contribution is -2.59. The van der Waals surface area contributed by atoms with Crippen LogP contribution in [0.2, 0.25) is 0 Å². The number of likely N-dealkylation sites (tertiary alicyclic amines) is 1. The zero-order valence-corrected chi connectivity index (χ0v) is 11.9. The Bertz CT molecular complexity index is 543. The molecule has 22 heavy (non-hydrogen) atoms. The van der Waals surface area contributed by atoms with Crippen molar-refractivity contribution < 1.29 is 22.7 Å². The molecule has 120 valence electrons. The summed E-state index contributed by atoms with van der Waals surface area (Å²) in [6.07, 6.45) is -4.85. The molecule has 2 fully saturated rings. The molecule has 0 saturated carbocycles. The van der Waals surface area contributed by atoms with E-state index in [0.29, 0.717) is 32.8 Å². The highest BCUT2D eigenvalue weighted by Gasteiger charge is 2.54. The van der Waals surface area contributed by atoms with Gasteiger partial charge in [0, 0.05) is 19.6 Å². The number of rotatable bonds is 3. The first kappa shape index (κ1) is 15.3. The molecule has 1 N–H and O–H groups in total. The van der Waals surface area contributed by atoms with Gasteiger partial charge in [0.15, 0.2) is 0 Å². The zero-order chi connectivity index (χ0) is 15.8. The molecule has 7 heteroatoms. The minimum absolute atomic E-state index is 0.390. The third-order valence-corrected chi connectivity index (χ3v) is 4.31. The third-order valence-electron chi connectivity index (χ3n) is 4.31. The molecule has 4 nitrogen and oxygen atoms in total. The maximum Gasteiger partial charge on any atom is 0.471 e. The van der Waals surface area contributed by atoms with Gasteiger partial charge in [-0.05, 0) is 5.56 Å². The van der Waals surface area contributed by atoms with Crippen LogP contribution in [0.15, 0.2) is 30.3 Å². The minimum Gasteiger partial charge on any atom is -0.380 e. The molecule has 0 aliphatic carbocycles. The Hall–Kier alpha value is -1.60. The van der Waals surface area contributed by atoms with Gasteiger partial charge in [-0.3, -0.25) is 9.69 Å². The van der Waals surface area contributed by atoms with Crippen LogP contribution in [0.1, 0.15) is 5.56 Å². The van der Waals surface area contributed by atoms with E-state index < -0.39 is 23.5 Å². The molecule has 2 saturated heterocycles. The molecule has 1 atom stereocenters. The number of nitrogens with zero attached hydrogens (tertiary/aromatic N) is 1. The predicted octanol–water partition coefficient (Wildman–Crippen LogP) is 1.57. The van der Waals surface area contributed by atoms with Crippen LogP contribution < -0.4 is 5.32 Å². The second kappa shape index (κ2) is 5.55. The largest absolute Gasteiger partial charge is 0.471 e. The normalized spacial score (nSPS) is 24.2. The van der Waals surface area contributed by atoms with Gasteiger partial charge in [-0.2, -0.15) is 13.2 Å². The highest BCUT2D eigenvalue weighted by atomic mass is 19.4. The van der Waals surface area contributed by atoms with E-state index in [1.165, 1.54) is 0 Å². The van der Waals surface area contributed by atoms with Crippen LogP contribution in [0.5, 0.6) is 0 Å². The summed E-state index contributed by atoms with van der Waals surface area (Å²) < 4.78 is 42.6. The molecule has 2 heterocycles. The number of alkyl halides is 3. The van der Waals surface area contributed by atoms with Crippen molar-refractivity contribution in [2.45, 2.75) is 18.8 Å². The number of carbonyl (C=O) groups is 1. The lowest BCUT2D eigenvalue weighted by Gasteiger charge is -2.42. The maximum absolute atomic E-state index is 12.5. The smallest absolute Gasteiger partial charge is 0.380 e. The Morgan fingerprint density at radius 3 is 2.55 bits per heavy atom. The van der Waals surface area contributed by atoms with Crippen molar-refractivity contribution in [3.63, 3.8) is 0 Å². The number of nitrogens with one attached hydrogen (secondary N) is 1. The molecule has 0 aromatic heterocycles. The zero-order valence-electron chi connectivity index (χ0n) is 11.9. The summed E-state index contributed by atoms with van der Waals surface area (Å²) in [7, 11) is 0. The van der Waals surface area contributed by atoms with Crippen LogP contribution in [0, 0.1) is 5.41 Å². The number of hydrogen-bond acceptors (Lipinski definition) is 3. The Labute approximate surface area is 126 Å². The van der Waals surface area contributed by atoms with Gasteiger partial charge in [-0.1, -0.05) is 30.3 Å². The standard InChI is InChI=1S/C15H17F3N2O2/c16-15(17,18)13(21)19-12-7-20(8-14(12)9-22-10-14)6-11-4-2-1-3-5-11/h1-5,12H,6-10H2,(H,19,21)/t12-/m1/s1. The first-order valence-electron chi connectivity index (χ1n) is 7.11. The van der Waals surface area contributed by atoms with Gasteiger partial charge in [-0.15, -0.1) is 0 Å². The van der Waals surface area contributed by atoms with Crippen LogP contribution >= 0.6 is 0 Å². The Morgan fingerprint density at radius 1 is 1.32 bits per heavy atom. The van der Waals surface area contributed by atoms with Crippen molar-refractivity contribution >= 4 is 5.91 Å². The molecule has 1 aromatic carbocycles. The average Bonchev–Trinajstić information content (AvgIpc) is 2.77. The summed E-state index contributed by atoms with van der Waals surface area (Å²) in [5.74, 6) is -1.87. The van der Waals surface area contributed by atoms with E-state index in [1.807, 2.05) is 30.3 Å². The van der Waals surface area contributed by atoms with E-state index in [4.69, 9.17) is 4.74 Å². The molecule has 0 bridgehead atoms. The minimum atomic E-state index is -4.85. The van der Waals surface area contributed by atoms with E-state index in [0.717, 1.165) is 5.56 Å². The fourth-order valence-electron chi connectivity index (χ4n) is 3.13. The van der Waals surface area contributed by atoms with Gasteiger partial charge < -0.3 is 10.1 Å². The van der Waals surface area contributed by atoms with Crippen molar-refractivity contribution in [3.05, 3.63) is 35.9 Å². The number of benzene rings is 1. The number of halogens is 3. The quantitative estimate of drug-likeness (QED) is 0.921. The van der Waals surface area contributed by atoms with Crippen molar-refractivity contribution in [3.8, 4) is 0 Å². The highest BCUT2D eigenvalue weighted by molar-refractivity contribution is 5.82. The molecule has 1 aromatic rings. The summed E-state index contributed by atoms with van der Waals surface area (Å²) in [5, 5.41) is 2.14. The predicted molar refractivity (Wildman–Crippen MR) is 73.0 cm³/mol. The Kier molecular flexibility index (Phi) is 3.86. The molecule has 3 rings (SSSR count). The molecular weight excluding hydrogens is 297 g/mol. The van der Waals surface area contributed by atoms with E-state index in [2.05, 4.69) is 10.2 Å². The summed E-state index contributed by atoms with van der Waals surface area (Å²) in [6.45, 7) is 2.47. The molecule has 2 aliphatic rings. The summed E-state index contributed by atoms with van der Waals surface area (Å²) in [5.41, 5.74) is 0.705. The van der Waals surface area contributed by atoms with E-state index in [1.54, 1.807) is 0 Å². The van der Waals surface area contributed by atoms with Crippen LogP contribution in [-0.2, 0) is 16.1 Å². The highest BCUT2D eigenvalue weighted by Crippen LogP contribution is 2.38. The third kappa shape index (κ3) is 2.96. The van der Waals surface area contributed by atoms with E-state index in [9.17, 15) is 18.0 Å². The second-order valence-electron chi connectivity index (χ2n) is 6.03. The monoisotopic (exact) mass is 314 g/mol. The first-order chi connectivity index (χ1) is 10.4. The van der Waals surface area contributed by atoms with Gasteiger partial charge in [0.1, 0.15) is 0 Å². The van der Waals surface area contributed by atoms with Crippen LogP contribution in [-0.4, -0.2) is 49.3 Å². The lowest BCUT2D eigenvalue weighted by molar-refractivity contribution is -0.178. The van der Waals surface area contributed by atoms with Crippen molar-refractivity contribution in [2.75, 3.05) is 26.3 Å².